The highest BCUT2D eigenvalue weighted by Gasteiger charge is 2.32. The molecular formula is C43H67O3P. The van der Waals surface area contributed by atoms with Crippen LogP contribution in [0.15, 0.2) is 54.6 Å². The van der Waals surface area contributed by atoms with Crippen molar-refractivity contribution in [1.82, 2.24) is 0 Å². The van der Waals surface area contributed by atoms with Crippen molar-refractivity contribution in [2.45, 2.75) is 165 Å². The molecule has 0 unspecified atom stereocenters. The Hall–Kier alpha value is -2.51. The van der Waals surface area contributed by atoms with Crippen molar-refractivity contribution in [3.05, 3.63) is 88.0 Å². The highest BCUT2D eigenvalue weighted by atomic mass is 31.2. The van der Waals surface area contributed by atoms with Crippen LogP contribution in [-0.2, 0) is 32.5 Å². The first-order valence-corrected chi connectivity index (χ1v) is 18.0. The SMILES string of the molecule is C.CC(C)(C)c1ccc(OP(Oc2ccc(C(C)(C)C)cc2C(C)(C)C)Oc2ccc(C(C)(C)C)cc2C(C)(C)C)c(C(C)(C)C)c1. The predicted octanol–water partition coefficient (Wildman–Crippen LogP) is 13.9. The first kappa shape index (κ1) is 40.7. The molecule has 3 rings (SSSR count). The molecule has 3 aromatic carbocycles. The van der Waals surface area contributed by atoms with Gasteiger partial charge in [-0.3, -0.25) is 0 Å². The van der Waals surface area contributed by atoms with Gasteiger partial charge in [0.15, 0.2) is 0 Å². The summed E-state index contributed by atoms with van der Waals surface area (Å²) in [6.07, 6.45) is 0. The molecule has 3 aromatic rings. The van der Waals surface area contributed by atoms with Crippen molar-refractivity contribution in [2.75, 3.05) is 0 Å². The Morgan fingerprint density at radius 2 is 0.553 bits per heavy atom. The second-order valence-electron chi connectivity index (χ2n) is 19.1. The first-order valence-electron chi connectivity index (χ1n) is 16.9. The van der Waals surface area contributed by atoms with Crippen LogP contribution in [0.1, 0.15) is 165 Å². The molecule has 0 radical (unpaired) electrons. The van der Waals surface area contributed by atoms with Gasteiger partial charge in [0.25, 0.3) is 0 Å². The van der Waals surface area contributed by atoms with E-state index in [0.29, 0.717) is 0 Å². The van der Waals surface area contributed by atoms with Crippen molar-refractivity contribution >= 4 is 8.60 Å². The summed E-state index contributed by atoms with van der Waals surface area (Å²) in [6.45, 7) is 40.3. The third-order valence-electron chi connectivity index (χ3n) is 8.48. The molecule has 47 heavy (non-hydrogen) atoms. The Kier molecular flexibility index (Phi) is 11.9. The number of hydrogen-bond acceptors (Lipinski definition) is 3. The van der Waals surface area contributed by atoms with E-state index < -0.39 is 8.60 Å². The fourth-order valence-corrected chi connectivity index (χ4v) is 6.35. The fourth-order valence-electron chi connectivity index (χ4n) is 5.28. The third-order valence-corrected chi connectivity index (χ3v) is 9.52. The Morgan fingerprint density at radius 1 is 0.340 bits per heavy atom. The zero-order valence-corrected chi connectivity index (χ0v) is 33.3. The highest BCUT2D eigenvalue weighted by molar-refractivity contribution is 7.43. The minimum Gasteiger partial charge on any atom is -0.408 e. The second kappa shape index (κ2) is 13.8. The van der Waals surface area contributed by atoms with Crippen LogP contribution in [0.25, 0.3) is 0 Å². The van der Waals surface area contributed by atoms with E-state index in [0.717, 1.165) is 33.9 Å². The van der Waals surface area contributed by atoms with Gasteiger partial charge in [-0.05, 0) is 67.4 Å². The maximum atomic E-state index is 6.90. The zero-order chi connectivity index (χ0) is 35.3. The molecule has 0 bridgehead atoms. The van der Waals surface area contributed by atoms with Crippen LogP contribution in [0.3, 0.4) is 0 Å². The van der Waals surface area contributed by atoms with Crippen molar-refractivity contribution < 1.29 is 13.6 Å². The van der Waals surface area contributed by atoms with Crippen molar-refractivity contribution in [1.29, 1.82) is 0 Å². The molecule has 0 amide bonds. The lowest BCUT2D eigenvalue weighted by atomic mass is 9.80. The summed E-state index contributed by atoms with van der Waals surface area (Å²) in [5.74, 6) is 2.37. The standard InChI is InChI=1S/C42H63O3P.CH4/c1-37(2,3)28-19-22-34(31(25-28)40(10,11)12)43-46(44-35-23-20-29(38(4,5)6)26-32(35)41(13,14)15)45-36-24-21-30(39(7,8)9)27-33(36)42(16,17)18;/h19-27H,1-18H3;1H4. The summed E-state index contributed by atoms with van der Waals surface area (Å²) < 4.78 is 20.7. The van der Waals surface area contributed by atoms with Crippen LogP contribution in [0.5, 0.6) is 17.2 Å². The smallest absolute Gasteiger partial charge is 0.408 e. The van der Waals surface area contributed by atoms with Crippen molar-refractivity contribution in [3.8, 4) is 17.2 Å². The highest BCUT2D eigenvalue weighted by Crippen LogP contribution is 2.50. The summed E-state index contributed by atoms with van der Waals surface area (Å²) in [5.41, 5.74) is 6.85. The zero-order valence-electron chi connectivity index (χ0n) is 32.4. The predicted molar refractivity (Wildman–Crippen MR) is 207 cm³/mol. The van der Waals surface area contributed by atoms with Crippen molar-refractivity contribution in [2.24, 2.45) is 0 Å². The van der Waals surface area contributed by atoms with Gasteiger partial charge >= 0.3 is 8.60 Å². The molecule has 0 N–H and O–H groups in total. The van der Waals surface area contributed by atoms with Crippen LogP contribution in [-0.4, -0.2) is 0 Å². The average Bonchev–Trinajstić information content (AvgIpc) is 2.85. The molecule has 0 heterocycles. The molecule has 262 valence electrons. The summed E-state index contributed by atoms with van der Waals surface area (Å²) in [5, 5.41) is 0. The fraction of sp³-hybridized carbons (Fsp3) is 0.581. The van der Waals surface area contributed by atoms with Crippen LogP contribution in [0.4, 0.5) is 0 Å². The first-order chi connectivity index (χ1) is 20.6. The normalized spacial score (nSPS) is 13.3. The molecule has 0 fully saturated rings. The summed E-state index contributed by atoms with van der Waals surface area (Å²) in [4.78, 5) is 0. The minimum absolute atomic E-state index is 0. The number of benzene rings is 3. The van der Waals surface area contributed by atoms with E-state index in [1.165, 1.54) is 16.7 Å². The maximum Gasteiger partial charge on any atom is 0.530 e. The van der Waals surface area contributed by atoms with Gasteiger partial charge in [-0.25, -0.2) is 0 Å². The molecule has 0 atom stereocenters. The van der Waals surface area contributed by atoms with E-state index in [9.17, 15) is 0 Å². The van der Waals surface area contributed by atoms with Gasteiger partial charge in [-0.15, -0.1) is 0 Å². The van der Waals surface area contributed by atoms with Gasteiger partial charge in [-0.2, -0.15) is 0 Å². The Balaban J connectivity index is 0.00000768. The lowest BCUT2D eigenvalue weighted by Gasteiger charge is -2.31. The molecule has 3 nitrogen and oxygen atoms in total. The number of hydrogen-bond donors (Lipinski definition) is 0. The lowest BCUT2D eigenvalue weighted by Crippen LogP contribution is -2.20. The molecule has 0 aliphatic carbocycles. The Bertz CT molecular complexity index is 1320. The summed E-state index contributed by atoms with van der Waals surface area (Å²) in [7, 11) is -1.89. The third kappa shape index (κ3) is 10.5. The molecule has 0 saturated heterocycles. The van der Waals surface area contributed by atoms with Crippen LogP contribution < -0.4 is 13.6 Å². The van der Waals surface area contributed by atoms with Gasteiger partial charge in [-0.1, -0.05) is 168 Å². The average molecular weight is 663 g/mol. The van der Waals surface area contributed by atoms with Crippen molar-refractivity contribution in [3.63, 3.8) is 0 Å². The van der Waals surface area contributed by atoms with Gasteiger partial charge in [0.1, 0.15) is 17.2 Å². The van der Waals surface area contributed by atoms with Gasteiger partial charge < -0.3 is 13.6 Å². The second-order valence-corrected chi connectivity index (χ2v) is 20.1. The summed E-state index contributed by atoms with van der Waals surface area (Å²) in [6, 6.07) is 19.7. The largest absolute Gasteiger partial charge is 0.530 e. The van der Waals surface area contributed by atoms with E-state index >= 15 is 0 Å². The van der Waals surface area contributed by atoms with E-state index in [4.69, 9.17) is 13.6 Å². The van der Waals surface area contributed by atoms with Gasteiger partial charge in [0.2, 0.25) is 0 Å². The Morgan fingerprint density at radius 3 is 0.723 bits per heavy atom. The molecular weight excluding hydrogens is 595 g/mol. The van der Waals surface area contributed by atoms with Crippen LogP contribution in [0.2, 0.25) is 0 Å². The minimum atomic E-state index is -1.89. The summed E-state index contributed by atoms with van der Waals surface area (Å²) >= 11 is 0. The van der Waals surface area contributed by atoms with Gasteiger partial charge in [0, 0.05) is 16.7 Å². The molecule has 0 saturated carbocycles. The Labute approximate surface area is 291 Å². The maximum absolute atomic E-state index is 6.90. The monoisotopic (exact) mass is 662 g/mol. The molecule has 0 aliphatic heterocycles. The topological polar surface area (TPSA) is 27.7 Å². The van der Waals surface area contributed by atoms with E-state index in [1.807, 2.05) is 0 Å². The van der Waals surface area contributed by atoms with E-state index in [1.54, 1.807) is 0 Å². The van der Waals surface area contributed by atoms with Crippen LogP contribution >= 0.6 is 8.60 Å². The molecule has 4 heteroatoms. The lowest BCUT2D eigenvalue weighted by molar-refractivity contribution is 0.371. The number of rotatable bonds is 6. The quantitative estimate of drug-likeness (QED) is 0.246. The molecule has 0 spiro atoms. The van der Waals surface area contributed by atoms with Crippen LogP contribution in [0, 0.1) is 0 Å². The van der Waals surface area contributed by atoms with E-state index in [-0.39, 0.29) is 39.9 Å². The van der Waals surface area contributed by atoms with E-state index in [2.05, 4.69) is 179 Å². The molecule has 0 aromatic heterocycles. The van der Waals surface area contributed by atoms with Gasteiger partial charge in [0.05, 0.1) is 0 Å². The molecule has 0 aliphatic rings.